The lowest BCUT2D eigenvalue weighted by Gasteiger charge is -2.42. The smallest absolute Gasteiger partial charge is 0.329 e. The molecule has 0 spiro atoms. The molecule has 1 aliphatic heterocycles. The summed E-state index contributed by atoms with van der Waals surface area (Å²) in [4.78, 5) is 9.92. The number of aliphatic hydroxyl groups is 4. The minimum atomic E-state index is -1.27. The molecule has 11 nitrogen and oxygen atoms in total. The maximum absolute atomic E-state index is 9.92. The standard InChI is InChI=1S/C11H22O5.C8H18O.C6H15NO.C6H12O3/c1-11(2,3)4-6-8(13)10(15)9(14)7(5-12)16-6;1-5-6-7-9-8(2,3)4;1-6(2,3)8-5-4-7;1-6(2,3)9-4-5(7)8/h6-10,12-15H,4-5H2,1-3H3;5-7H2,1-4H3;4-5,7H2,1-3H3;4H2,1-3H3,(H,7,8). The molecule has 7 N–H and O–H groups in total. The monoisotopic (exact) mass is 613 g/mol. The van der Waals surface area contributed by atoms with E-state index in [0.717, 1.165) is 6.61 Å². The molecule has 42 heavy (non-hydrogen) atoms. The Bertz CT molecular complexity index is 661. The van der Waals surface area contributed by atoms with Crippen LogP contribution in [-0.4, -0.2) is 112 Å². The second kappa shape index (κ2) is 21.8. The van der Waals surface area contributed by atoms with E-state index in [2.05, 4.69) is 27.7 Å². The summed E-state index contributed by atoms with van der Waals surface area (Å²) in [5.74, 6) is -0.926. The Morgan fingerprint density at radius 1 is 0.738 bits per heavy atom. The Labute approximate surface area is 256 Å². The van der Waals surface area contributed by atoms with Gasteiger partial charge < -0.3 is 50.2 Å². The largest absolute Gasteiger partial charge is 0.480 e. The third kappa shape index (κ3) is 30.6. The molecule has 1 saturated heterocycles. The van der Waals surface area contributed by atoms with E-state index in [4.69, 9.17) is 34.9 Å². The molecule has 0 saturated carbocycles. The van der Waals surface area contributed by atoms with Gasteiger partial charge in [0.15, 0.2) is 0 Å². The van der Waals surface area contributed by atoms with Gasteiger partial charge in [0.1, 0.15) is 31.0 Å². The van der Waals surface area contributed by atoms with Crippen LogP contribution < -0.4 is 5.73 Å². The molecule has 0 aromatic carbocycles. The summed E-state index contributed by atoms with van der Waals surface area (Å²) in [6, 6.07) is 0. The van der Waals surface area contributed by atoms with E-state index in [9.17, 15) is 20.1 Å². The van der Waals surface area contributed by atoms with Gasteiger partial charge in [0.2, 0.25) is 0 Å². The second-order valence-electron chi connectivity index (χ2n) is 14.5. The predicted octanol–water partition coefficient (Wildman–Crippen LogP) is 3.51. The normalized spacial score (nSPS) is 23.0. The minimum Gasteiger partial charge on any atom is -0.480 e. The van der Waals surface area contributed by atoms with E-state index in [0.29, 0.717) is 19.6 Å². The Morgan fingerprint density at radius 3 is 1.45 bits per heavy atom. The highest BCUT2D eigenvalue weighted by Gasteiger charge is 2.44. The first-order valence-corrected chi connectivity index (χ1v) is 14.9. The number of rotatable bonds is 9. The molecule has 1 fully saturated rings. The number of carbonyl (C=O) groups is 1. The van der Waals surface area contributed by atoms with E-state index < -0.39 is 36.5 Å². The minimum absolute atomic E-state index is 0.0284. The molecular formula is C31H67NO10. The molecule has 1 heterocycles. The van der Waals surface area contributed by atoms with Crippen molar-refractivity contribution in [3.8, 4) is 0 Å². The van der Waals surface area contributed by atoms with Gasteiger partial charge in [-0.25, -0.2) is 4.79 Å². The van der Waals surface area contributed by atoms with E-state index in [-0.39, 0.29) is 35.4 Å². The zero-order valence-electron chi connectivity index (χ0n) is 28.9. The lowest BCUT2D eigenvalue weighted by atomic mass is 9.83. The summed E-state index contributed by atoms with van der Waals surface area (Å²) in [6.07, 6.45) is -2.06. The lowest BCUT2D eigenvalue weighted by molar-refractivity contribution is -0.234. The molecule has 0 aromatic heterocycles. The zero-order valence-corrected chi connectivity index (χ0v) is 28.9. The molecule has 5 atom stereocenters. The quantitative estimate of drug-likeness (QED) is 0.209. The fourth-order valence-electron chi connectivity index (χ4n) is 3.12. The van der Waals surface area contributed by atoms with Gasteiger partial charge in [0.05, 0.1) is 36.1 Å². The Kier molecular flexibility index (Phi) is 23.6. The number of ether oxygens (including phenoxy) is 4. The molecule has 5 unspecified atom stereocenters. The summed E-state index contributed by atoms with van der Waals surface area (Å²) in [5, 5.41) is 46.1. The van der Waals surface area contributed by atoms with Gasteiger partial charge in [-0.2, -0.15) is 0 Å². The summed E-state index contributed by atoms with van der Waals surface area (Å²) in [5.41, 5.74) is 4.82. The number of carboxylic acids is 1. The van der Waals surface area contributed by atoms with Gasteiger partial charge in [0.25, 0.3) is 0 Å². The van der Waals surface area contributed by atoms with Gasteiger partial charge in [-0.3, -0.25) is 0 Å². The molecule has 1 rings (SSSR count). The topological polar surface area (TPSA) is 181 Å². The van der Waals surface area contributed by atoms with Crippen molar-refractivity contribution in [1.82, 2.24) is 0 Å². The van der Waals surface area contributed by atoms with Crippen LogP contribution in [0.25, 0.3) is 0 Å². The van der Waals surface area contributed by atoms with Gasteiger partial charge in [-0.05, 0) is 80.6 Å². The SMILES string of the molecule is CC(C)(C)CC1OC(CO)C(O)C(O)C1O.CC(C)(C)OCC(=O)O.CC(C)(C)OCCN.CCCCOC(C)(C)C. The summed E-state index contributed by atoms with van der Waals surface area (Å²) < 4.78 is 21.0. The average Bonchev–Trinajstić information content (AvgIpc) is 2.81. The molecule has 0 radical (unpaired) electrons. The van der Waals surface area contributed by atoms with Crippen molar-refractivity contribution in [2.45, 2.75) is 157 Å². The van der Waals surface area contributed by atoms with Crippen molar-refractivity contribution in [3.63, 3.8) is 0 Å². The number of unbranched alkanes of at least 4 members (excludes halogenated alkanes) is 1. The van der Waals surface area contributed by atoms with E-state index in [1.165, 1.54) is 12.8 Å². The maximum Gasteiger partial charge on any atom is 0.329 e. The van der Waals surface area contributed by atoms with Crippen LogP contribution in [0.3, 0.4) is 0 Å². The molecule has 0 bridgehead atoms. The number of hydrogen-bond acceptors (Lipinski definition) is 10. The van der Waals surface area contributed by atoms with Crippen LogP contribution in [-0.2, 0) is 23.7 Å². The Balaban J connectivity index is -0.000000509. The number of carboxylic acid groups (broad SMARTS) is 1. The third-order valence-corrected chi connectivity index (χ3v) is 5.12. The number of aliphatic carboxylic acids is 1. The number of nitrogens with two attached hydrogens (primary N) is 1. The van der Waals surface area contributed by atoms with Crippen molar-refractivity contribution in [2.24, 2.45) is 11.1 Å². The highest BCUT2D eigenvalue weighted by molar-refractivity contribution is 5.68. The van der Waals surface area contributed by atoms with Crippen LogP contribution in [0.1, 0.15) is 109 Å². The van der Waals surface area contributed by atoms with E-state index >= 15 is 0 Å². The first kappa shape index (κ1) is 45.5. The van der Waals surface area contributed by atoms with Crippen molar-refractivity contribution in [1.29, 1.82) is 0 Å². The molecule has 1 aliphatic rings. The third-order valence-electron chi connectivity index (χ3n) is 5.12. The zero-order chi connectivity index (χ0) is 33.9. The summed E-state index contributed by atoms with van der Waals surface area (Å²) in [6.45, 7) is 27.5. The van der Waals surface area contributed by atoms with Crippen molar-refractivity contribution < 1.29 is 49.3 Å². The molecule has 0 aromatic rings. The fourth-order valence-corrected chi connectivity index (χ4v) is 3.12. The Morgan fingerprint density at radius 2 is 1.17 bits per heavy atom. The number of hydrogen-bond donors (Lipinski definition) is 6. The first-order valence-electron chi connectivity index (χ1n) is 14.9. The van der Waals surface area contributed by atoms with Crippen LogP contribution in [0, 0.1) is 5.41 Å². The predicted molar refractivity (Wildman–Crippen MR) is 167 cm³/mol. The molecule has 256 valence electrons. The average molecular weight is 614 g/mol. The van der Waals surface area contributed by atoms with E-state index in [1.807, 2.05) is 62.3 Å². The second-order valence-corrected chi connectivity index (χ2v) is 14.5. The summed E-state index contributed by atoms with van der Waals surface area (Å²) >= 11 is 0. The highest BCUT2D eigenvalue weighted by atomic mass is 16.5. The fraction of sp³-hybridized carbons (Fsp3) is 0.968. The van der Waals surface area contributed by atoms with Gasteiger partial charge in [0, 0.05) is 13.2 Å². The van der Waals surface area contributed by atoms with Gasteiger partial charge in [-0.1, -0.05) is 34.1 Å². The Hall–Kier alpha value is -0.890. The maximum atomic E-state index is 9.92. The lowest BCUT2D eigenvalue weighted by Crippen LogP contribution is -2.59. The molecule has 11 heteroatoms. The van der Waals surface area contributed by atoms with Crippen molar-refractivity contribution in [2.75, 3.05) is 33.0 Å². The van der Waals surface area contributed by atoms with Crippen LogP contribution in [0.2, 0.25) is 0 Å². The van der Waals surface area contributed by atoms with Crippen molar-refractivity contribution in [3.05, 3.63) is 0 Å². The van der Waals surface area contributed by atoms with Gasteiger partial charge >= 0.3 is 5.97 Å². The van der Waals surface area contributed by atoms with Crippen LogP contribution in [0.5, 0.6) is 0 Å². The van der Waals surface area contributed by atoms with Crippen LogP contribution in [0.15, 0.2) is 0 Å². The molecule has 0 amide bonds. The van der Waals surface area contributed by atoms with Crippen LogP contribution >= 0.6 is 0 Å². The summed E-state index contributed by atoms with van der Waals surface area (Å²) in [7, 11) is 0. The van der Waals surface area contributed by atoms with E-state index in [1.54, 1.807) is 0 Å². The van der Waals surface area contributed by atoms with Crippen LogP contribution in [0.4, 0.5) is 0 Å². The number of aliphatic hydroxyl groups excluding tert-OH is 4. The van der Waals surface area contributed by atoms with Crippen molar-refractivity contribution >= 4 is 5.97 Å². The van der Waals surface area contributed by atoms with Gasteiger partial charge in [-0.15, -0.1) is 0 Å². The molecular weight excluding hydrogens is 546 g/mol. The first-order chi connectivity index (χ1) is 18.8. The molecule has 0 aliphatic carbocycles. The highest BCUT2D eigenvalue weighted by Crippen LogP contribution is 2.30.